The molecule has 4 rings (SSSR count). The standard InChI is InChI=1S/C20H16ClF3N6O2/c21-14-9-12(8-13(10-31)26-14)15-16(11-4-2-1-3-5-11)27-18(25)30-17(15)28-29(19(30)32)7-6-20(22,23)24/h1-5,8-9,31H,6-7,10H2,(H2,25,27)/p+1. The van der Waals surface area contributed by atoms with Crippen LogP contribution in [0.15, 0.2) is 47.3 Å². The molecule has 0 saturated heterocycles. The van der Waals surface area contributed by atoms with Crippen LogP contribution in [0.5, 0.6) is 0 Å². The number of aliphatic hydroxyl groups excluding tert-OH is 1. The quantitative estimate of drug-likeness (QED) is 0.440. The predicted octanol–water partition coefficient (Wildman–Crippen LogP) is 2.72. The summed E-state index contributed by atoms with van der Waals surface area (Å²) in [6, 6.07) is 12.0. The first-order valence-electron chi connectivity index (χ1n) is 9.42. The monoisotopic (exact) mass is 465 g/mol. The number of H-pyrrole nitrogens is 1. The number of fused-ring (bicyclic) bond motifs is 1. The maximum Gasteiger partial charge on any atom is 0.411 e. The molecule has 1 aromatic carbocycles. The summed E-state index contributed by atoms with van der Waals surface area (Å²) < 4.78 is 39.9. The normalized spacial score (nSPS) is 11.9. The predicted molar refractivity (Wildman–Crippen MR) is 111 cm³/mol. The van der Waals surface area contributed by atoms with E-state index in [0.29, 0.717) is 22.4 Å². The van der Waals surface area contributed by atoms with E-state index in [0.717, 1.165) is 9.08 Å². The van der Waals surface area contributed by atoms with Crippen molar-refractivity contribution >= 4 is 23.2 Å². The molecule has 0 atom stereocenters. The van der Waals surface area contributed by atoms with Gasteiger partial charge in [-0.3, -0.25) is 5.73 Å². The number of aromatic amines is 1. The summed E-state index contributed by atoms with van der Waals surface area (Å²) in [6.45, 7) is -1.06. The van der Waals surface area contributed by atoms with Gasteiger partial charge in [0.05, 0.1) is 30.8 Å². The number of aliphatic hydroxyl groups is 1. The van der Waals surface area contributed by atoms with Crippen LogP contribution in [-0.4, -0.2) is 30.4 Å². The number of aromatic nitrogens is 5. The van der Waals surface area contributed by atoms with E-state index in [4.69, 9.17) is 17.3 Å². The Morgan fingerprint density at radius 3 is 2.53 bits per heavy atom. The van der Waals surface area contributed by atoms with Crippen LogP contribution in [0.1, 0.15) is 12.1 Å². The van der Waals surface area contributed by atoms with Crippen molar-refractivity contribution in [3.05, 3.63) is 63.8 Å². The lowest BCUT2D eigenvalue weighted by Crippen LogP contribution is -2.28. The van der Waals surface area contributed by atoms with Crippen LogP contribution < -0.4 is 16.4 Å². The molecule has 0 bridgehead atoms. The van der Waals surface area contributed by atoms with Gasteiger partial charge in [-0.2, -0.15) is 17.9 Å². The smallest absolute Gasteiger partial charge is 0.390 e. The molecule has 0 spiro atoms. The van der Waals surface area contributed by atoms with Gasteiger partial charge >= 0.3 is 17.8 Å². The molecule has 0 aliphatic carbocycles. The van der Waals surface area contributed by atoms with E-state index < -0.39 is 31.4 Å². The van der Waals surface area contributed by atoms with E-state index in [9.17, 15) is 23.1 Å². The third-order valence-corrected chi connectivity index (χ3v) is 4.97. The van der Waals surface area contributed by atoms with Gasteiger partial charge in [-0.1, -0.05) is 41.9 Å². The van der Waals surface area contributed by atoms with Crippen molar-refractivity contribution in [1.29, 1.82) is 0 Å². The van der Waals surface area contributed by atoms with Crippen molar-refractivity contribution in [1.82, 2.24) is 19.2 Å². The molecule has 4 aromatic rings. The number of hydrogen-bond acceptors (Lipinski definition) is 5. The van der Waals surface area contributed by atoms with E-state index in [1.165, 1.54) is 6.07 Å². The molecular weight excluding hydrogens is 449 g/mol. The number of nitrogens with two attached hydrogens (primary N) is 1. The fraction of sp³-hybridized carbons (Fsp3) is 0.200. The number of pyridine rings is 1. The molecule has 0 radical (unpaired) electrons. The molecule has 0 aliphatic rings. The molecule has 0 amide bonds. The highest BCUT2D eigenvalue weighted by atomic mass is 35.5. The first kappa shape index (κ1) is 21.8. The second-order valence-electron chi connectivity index (χ2n) is 6.98. The van der Waals surface area contributed by atoms with E-state index in [-0.39, 0.29) is 22.4 Å². The van der Waals surface area contributed by atoms with E-state index >= 15 is 0 Å². The van der Waals surface area contributed by atoms with Crippen LogP contribution in [0.25, 0.3) is 28.0 Å². The van der Waals surface area contributed by atoms with Gasteiger partial charge in [-0.05, 0) is 17.7 Å². The Morgan fingerprint density at radius 2 is 1.88 bits per heavy atom. The first-order valence-corrected chi connectivity index (χ1v) is 9.80. The number of hydrogen-bond donors (Lipinski definition) is 2. The summed E-state index contributed by atoms with van der Waals surface area (Å²) in [5.41, 5.74) is 7.53. The Bertz CT molecular complexity index is 1350. The lowest BCUT2D eigenvalue weighted by molar-refractivity contribution is -0.351. The summed E-state index contributed by atoms with van der Waals surface area (Å²) >= 11 is 6.12. The minimum atomic E-state index is -4.46. The number of nitrogen functional groups attached to an aromatic ring is 1. The zero-order chi connectivity index (χ0) is 23.0. The van der Waals surface area contributed by atoms with Gasteiger partial charge in [0.25, 0.3) is 0 Å². The number of rotatable bonds is 5. The van der Waals surface area contributed by atoms with Crippen molar-refractivity contribution < 1.29 is 23.3 Å². The van der Waals surface area contributed by atoms with Crippen LogP contribution in [0.2, 0.25) is 5.15 Å². The molecule has 32 heavy (non-hydrogen) atoms. The third-order valence-electron chi connectivity index (χ3n) is 4.77. The summed E-state index contributed by atoms with van der Waals surface area (Å²) in [5.74, 6) is -0.103. The van der Waals surface area contributed by atoms with Crippen LogP contribution in [0.4, 0.5) is 19.1 Å². The third kappa shape index (κ3) is 4.16. The number of nitrogens with one attached hydrogen (secondary N) is 1. The molecule has 8 nitrogen and oxygen atoms in total. The maximum atomic E-state index is 12.8. The number of benzene rings is 1. The Balaban J connectivity index is 2.05. The molecule has 0 aliphatic heterocycles. The fourth-order valence-electron chi connectivity index (χ4n) is 3.39. The van der Waals surface area contributed by atoms with Crippen molar-refractivity contribution in [2.75, 3.05) is 5.73 Å². The molecule has 3 heterocycles. The van der Waals surface area contributed by atoms with Crippen LogP contribution in [-0.2, 0) is 13.2 Å². The first-order chi connectivity index (χ1) is 15.2. The zero-order valence-electron chi connectivity index (χ0n) is 16.4. The lowest BCUT2D eigenvalue weighted by Gasteiger charge is -2.10. The molecule has 4 N–H and O–H groups in total. The second kappa shape index (κ2) is 8.24. The Labute approximate surface area is 183 Å². The summed E-state index contributed by atoms with van der Waals surface area (Å²) in [6.07, 6.45) is -5.68. The molecule has 3 aromatic heterocycles. The topological polar surface area (TPSA) is 113 Å². The van der Waals surface area contributed by atoms with E-state index in [2.05, 4.69) is 15.1 Å². The highest BCUT2D eigenvalue weighted by Crippen LogP contribution is 2.33. The van der Waals surface area contributed by atoms with E-state index in [1.54, 1.807) is 30.3 Å². The fourth-order valence-corrected chi connectivity index (χ4v) is 3.62. The van der Waals surface area contributed by atoms with Crippen molar-refractivity contribution in [2.24, 2.45) is 0 Å². The minimum Gasteiger partial charge on any atom is -0.390 e. The molecule has 0 saturated carbocycles. The average molecular weight is 466 g/mol. The van der Waals surface area contributed by atoms with Gasteiger partial charge in [0.2, 0.25) is 5.65 Å². The van der Waals surface area contributed by atoms with Crippen molar-refractivity contribution in [3.63, 3.8) is 0 Å². The van der Waals surface area contributed by atoms with Gasteiger partial charge in [-0.15, -0.1) is 9.50 Å². The van der Waals surface area contributed by atoms with Gasteiger partial charge in [0.1, 0.15) is 10.8 Å². The average Bonchev–Trinajstić information content (AvgIpc) is 3.08. The van der Waals surface area contributed by atoms with Gasteiger partial charge in [0, 0.05) is 5.56 Å². The van der Waals surface area contributed by atoms with E-state index in [1.807, 2.05) is 6.07 Å². The van der Waals surface area contributed by atoms with Gasteiger partial charge in [-0.25, -0.2) is 14.8 Å². The summed E-state index contributed by atoms with van der Waals surface area (Å²) in [5, 5.41) is 13.8. The molecule has 12 heteroatoms. The molecule has 0 fully saturated rings. The second-order valence-corrected chi connectivity index (χ2v) is 7.37. The number of aryl methyl sites for hydroxylation is 1. The van der Waals surface area contributed by atoms with Gasteiger partial charge < -0.3 is 5.11 Å². The zero-order valence-corrected chi connectivity index (χ0v) is 17.2. The summed E-state index contributed by atoms with van der Waals surface area (Å²) in [4.78, 5) is 19.8. The number of nitrogens with zero attached hydrogens (tertiary/aromatic N) is 4. The Hall–Kier alpha value is -3.44. The highest BCUT2D eigenvalue weighted by molar-refractivity contribution is 6.29. The molecule has 166 valence electrons. The molecular formula is C20H17ClF3N6O2+. The Morgan fingerprint density at radius 1 is 1.16 bits per heavy atom. The number of anilines is 1. The van der Waals surface area contributed by atoms with Crippen molar-refractivity contribution in [3.8, 4) is 22.4 Å². The summed E-state index contributed by atoms with van der Waals surface area (Å²) in [7, 11) is 0. The Kier molecular flexibility index (Phi) is 5.61. The maximum absolute atomic E-state index is 12.8. The number of alkyl halides is 3. The van der Waals surface area contributed by atoms with Crippen LogP contribution in [0, 0.1) is 0 Å². The SMILES string of the molecule is Nc1[nH+]c(-c2ccccc2)c(-c2cc(Cl)nc(CO)c2)c2nn(CCC(F)(F)F)c(=O)n12. The van der Waals surface area contributed by atoms with Crippen LogP contribution in [0.3, 0.4) is 0 Å². The molecule has 0 unspecified atom stereocenters. The lowest BCUT2D eigenvalue weighted by atomic mass is 10.00. The number of halogens is 4. The van der Waals surface area contributed by atoms with Crippen molar-refractivity contribution in [2.45, 2.75) is 25.7 Å². The van der Waals surface area contributed by atoms with Gasteiger partial charge in [0.15, 0.2) is 0 Å². The van der Waals surface area contributed by atoms with Crippen LogP contribution >= 0.6 is 11.6 Å². The largest absolute Gasteiger partial charge is 0.411 e. The highest BCUT2D eigenvalue weighted by Gasteiger charge is 2.30. The minimum absolute atomic E-state index is 0.0402.